The summed E-state index contributed by atoms with van der Waals surface area (Å²) in [5.74, 6) is 1.61. The molecule has 1 aromatic rings. The van der Waals surface area contributed by atoms with Gasteiger partial charge in [-0.25, -0.2) is 0 Å². The summed E-state index contributed by atoms with van der Waals surface area (Å²) in [6, 6.07) is 6.40. The molecule has 0 aliphatic rings. The molecule has 0 aliphatic carbocycles. The summed E-state index contributed by atoms with van der Waals surface area (Å²) < 4.78 is 5.44. The molecule has 0 aliphatic heterocycles. The van der Waals surface area contributed by atoms with Crippen molar-refractivity contribution in [2.24, 2.45) is 11.3 Å². The Morgan fingerprint density at radius 3 is 2.41 bits per heavy atom. The molecule has 0 saturated heterocycles. The zero-order valence-corrected chi connectivity index (χ0v) is 13.1. The van der Waals surface area contributed by atoms with Crippen LogP contribution in [0.3, 0.4) is 0 Å². The summed E-state index contributed by atoms with van der Waals surface area (Å²) in [5.41, 5.74) is 2.91. The zero-order chi connectivity index (χ0) is 13.1. The van der Waals surface area contributed by atoms with Crippen LogP contribution in [0.25, 0.3) is 0 Å². The fraction of sp³-hybridized carbons (Fsp3) is 0.600. The number of aryl methyl sites for hydroxylation is 1. The third-order valence-electron chi connectivity index (χ3n) is 3.31. The highest BCUT2D eigenvalue weighted by atomic mass is 79.9. The minimum Gasteiger partial charge on any atom is -0.496 e. The first-order chi connectivity index (χ1) is 7.88. The lowest BCUT2D eigenvalue weighted by Crippen LogP contribution is -2.24. The first kappa shape index (κ1) is 14.6. The van der Waals surface area contributed by atoms with Gasteiger partial charge < -0.3 is 4.74 Å². The maximum Gasteiger partial charge on any atom is 0.122 e. The molecule has 0 heterocycles. The molecule has 96 valence electrons. The Bertz CT molecular complexity index is 366. The second kappa shape index (κ2) is 5.90. The molecular weight excluding hydrogens is 276 g/mol. The van der Waals surface area contributed by atoms with Crippen molar-refractivity contribution in [1.29, 1.82) is 0 Å². The first-order valence-corrected chi connectivity index (χ1v) is 7.20. The Hall–Kier alpha value is -0.500. The van der Waals surface area contributed by atoms with Gasteiger partial charge in [-0.2, -0.15) is 0 Å². The van der Waals surface area contributed by atoms with Gasteiger partial charge in [-0.15, -0.1) is 0 Å². The van der Waals surface area contributed by atoms with Crippen LogP contribution in [0.15, 0.2) is 18.2 Å². The molecule has 0 amide bonds. The lowest BCUT2D eigenvalue weighted by Gasteiger charge is -2.29. The topological polar surface area (TPSA) is 9.23 Å². The Morgan fingerprint density at radius 1 is 1.29 bits per heavy atom. The smallest absolute Gasteiger partial charge is 0.122 e. The molecule has 1 nitrogen and oxygen atoms in total. The molecule has 0 saturated carbocycles. The van der Waals surface area contributed by atoms with E-state index in [2.05, 4.69) is 61.8 Å². The quantitative estimate of drug-likeness (QED) is 0.738. The van der Waals surface area contributed by atoms with E-state index < -0.39 is 0 Å². The Kier molecular flexibility index (Phi) is 5.05. The van der Waals surface area contributed by atoms with Crippen LogP contribution in [0.4, 0.5) is 0 Å². The van der Waals surface area contributed by atoms with E-state index in [1.54, 1.807) is 7.11 Å². The molecule has 1 atom stereocenters. The van der Waals surface area contributed by atoms with Gasteiger partial charge in [0.05, 0.1) is 7.11 Å². The van der Waals surface area contributed by atoms with Gasteiger partial charge in [0, 0.05) is 5.33 Å². The van der Waals surface area contributed by atoms with E-state index in [9.17, 15) is 0 Å². The number of hydrogen-bond acceptors (Lipinski definition) is 1. The van der Waals surface area contributed by atoms with Crippen LogP contribution in [0, 0.1) is 18.3 Å². The molecule has 0 spiro atoms. The van der Waals surface area contributed by atoms with Crippen molar-refractivity contribution in [3.63, 3.8) is 0 Å². The molecule has 0 aromatic heterocycles. The fourth-order valence-corrected chi connectivity index (χ4v) is 3.12. The van der Waals surface area contributed by atoms with Gasteiger partial charge in [0.15, 0.2) is 0 Å². The SMILES string of the molecule is COc1ccc(C)cc1CC(CBr)C(C)(C)C. The van der Waals surface area contributed by atoms with Gasteiger partial charge in [0.2, 0.25) is 0 Å². The number of alkyl halides is 1. The average Bonchev–Trinajstić information content (AvgIpc) is 2.24. The number of rotatable bonds is 4. The standard InChI is InChI=1S/C15H23BrO/c1-11-6-7-14(17-5)12(8-11)9-13(10-16)15(2,3)4/h6-8,13H,9-10H2,1-5H3. The lowest BCUT2D eigenvalue weighted by atomic mass is 9.78. The predicted octanol–water partition coefficient (Wildman–Crippen LogP) is 4.60. The van der Waals surface area contributed by atoms with Crippen LogP contribution in [-0.2, 0) is 6.42 Å². The minimum atomic E-state index is 0.304. The molecular formula is C15H23BrO. The number of hydrogen-bond donors (Lipinski definition) is 0. The number of benzene rings is 1. The molecule has 0 N–H and O–H groups in total. The van der Waals surface area contributed by atoms with E-state index in [1.807, 2.05) is 0 Å². The molecule has 0 bridgehead atoms. The van der Waals surface area contributed by atoms with Gasteiger partial charge in [0.25, 0.3) is 0 Å². The predicted molar refractivity (Wildman–Crippen MR) is 78.2 cm³/mol. The normalized spacial score (nSPS) is 13.5. The summed E-state index contributed by atoms with van der Waals surface area (Å²) >= 11 is 3.63. The highest BCUT2D eigenvalue weighted by molar-refractivity contribution is 9.09. The van der Waals surface area contributed by atoms with Gasteiger partial charge >= 0.3 is 0 Å². The molecule has 2 heteroatoms. The third-order valence-corrected chi connectivity index (χ3v) is 4.09. The van der Waals surface area contributed by atoms with Gasteiger partial charge in [-0.05, 0) is 36.3 Å². The zero-order valence-electron chi connectivity index (χ0n) is 11.5. The van der Waals surface area contributed by atoms with Crippen molar-refractivity contribution < 1.29 is 4.74 Å². The summed E-state index contributed by atoms with van der Waals surface area (Å²) in [6.45, 7) is 9.01. The van der Waals surface area contributed by atoms with Gasteiger partial charge in [-0.1, -0.05) is 54.4 Å². The van der Waals surface area contributed by atoms with E-state index in [-0.39, 0.29) is 0 Å². The Morgan fingerprint density at radius 2 is 1.94 bits per heavy atom. The molecule has 0 fully saturated rings. The lowest BCUT2D eigenvalue weighted by molar-refractivity contribution is 0.264. The van der Waals surface area contributed by atoms with E-state index >= 15 is 0 Å². The fourth-order valence-electron chi connectivity index (χ4n) is 1.92. The second-order valence-corrected chi connectivity index (χ2v) is 6.38. The Balaban J connectivity index is 2.96. The maximum absolute atomic E-state index is 5.44. The summed E-state index contributed by atoms with van der Waals surface area (Å²) in [6.07, 6.45) is 1.06. The first-order valence-electron chi connectivity index (χ1n) is 6.08. The van der Waals surface area contributed by atoms with Crippen molar-refractivity contribution in [1.82, 2.24) is 0 Å². The summed E-state index contributed by atoms with van der Waals surface area (Å²) in [4.78, 5) is 0. The molecule has 1 aromatic carbocycles. The number of halogens is 1. The van der Waals surface area contributed by atoms with Crippen molar-refractivity contribution in [2.45, 2.75) is 34.1 Å². The van der Waals surface area contributed by atoms with Gasteiger partial charge in [-0.3, -0.25) is 0 Å². The second-order valence-electron chi connectivity index (χ2n) is 5.74. The molecule has 17 heavy (non-hydrogen) atoms. The largest absolute Gasteiger partial charge is 0.496 e. The van der Waals surface area contributed by atoms with E-state index in [4.69, 9.17) is 4.74 Å². The minimum absolute atomic E-state index is 0.304. The Labute approximate surface area is 114 Å². The van der Waals surface area contributed by atoms with Crippen molar-refractivity contribution in [3.8, 4) is 5.75 Å². The van der Waals surface area contributed by atoms with Crippen LogP contribution in [0.1, 0.15) is 31.9 Å². The van der Waals surface area contributed by atoms with Crippen LogP contribution in [0.2, 0.25) is 0 Å². The van der Waals surface area contributed by atoms with Crippen molar-refractivity contribution >= 4 is 15.9 Å². The van der Waals surface area contributed by atoms with E-state index in [0.717, 1.165) is 17.5 Å². The molecule has 0 radical (unpaired) electrons. The average molecular weight is 299 g/mol. The highest BCUT2D eigenvalue weighted by Gasteiger charge is 2.24. The maximum atomic E-state index is 5.44. The summed E-state index contributed by atoms with van der Waals surface area (Å²) in [5, 5.41) is 1.02. The van der Waals surface area contributed by atoms with E-state index in [1.165, 1.54) is 11.1 Å². The monoisotopic (exact) mass is 298 g/mol. The molecule has 1 unspecified atom stereocenters. The van der Waals surface area contributed by atoms with Crippen LogP contribution < -0.4 is 4.74 Å². The number of methoxy groups -OCH3 is 1. The van der Waals surface area contributed by atoms with Crippen molar-refractivity contribution in [3.05, 3.63) is 29.3 Å². The van der Waals surface area contributed by atoms with Gasteiger partial charge in [0.1, 0.15) is 5.75 Å². The van der Waals surface area contributed by atoms with Crippen LogP contribution in [-0.4, -0.2) is 12.4 Å². The van der Waals surface area contributed by atoms with E-state index in [0.29, 0.717) is 11.3 Å². The highest BCUT2D eigenvalue weighted by Crippen LogP contribution is 2.33. The summed E-state index contributed by atoms with van der Waals surface area (Å²) in [7, 11) is 1.74. The third kappa shape index (κ3) is 4.02. The van der Waals surface area contributed by atoms with Crippen molar-refractivity contribution in [2.75, 3.05) is 12.4 Å². The van der Waals surface area contributed by atoms with Crippen LogP contribution >= 0.6 is 15.9 Å². The number of ether oxygens (including phenoxy) is 1. The van der Waals surface area contributed by atoms with Crippen LogP contribution in [0.5, 0.6) is 5.75 Å². The molecule has 1 rings (SSSR count).